The van der Waals surface area contributed by atoms with Gasteiger partial charge in [0.25, 0.3) is 0 Å². The summed E-state index contributed by atoms with van der Waals surface area (Å²) in [6.45, 7) is 0. The highest BCUT2D eigenvalue weighted by Crippen LogP contribution is 2.32. The van der Waals surface area contributed by atoms with Crippen molar-refractivity contribution >= 4 is 29.0 Å². The third-order valence-corrected chi connectivity index (χ3v) is 3.17. The molecule has 1 nitrogen and oxygen atoms in total. The quantitative estimate of drug-likeness (QED) is 0.647. The molecule has 0 saturated heterocycles. The van der Waals surface area contributed by atoms with Crippen LogP contribution in [0.25, 0.3) is 0 Å². The lowest BCUT2D eigenvalue weighted by Crippen LogP contribution is -2.11. The van der Waals surface area contributed by atoms with E-state index in [9.17, 15) is 4.79 Å². The number of halogens is 2. The number of rotatable bonds is 0. The van der Waals surface area contributed by atoms with Gasteiger partial charge < -0.3 is 0 Å². The van der Waals surface area contributed by atoms with E-state index in [4.69, 9.17) is 23.2 Å². The summed E-state index contributed by atoms with van der Waals surface area (Å²) in [5.41, 5.74) is 1.67. The maximum atomic E-state index is 11.4. The van der Waals surface area contributed by atoms with Gasteiger partial charge in [0.1, 0.15) is 0 Å². The molecule has 68 valence electrons. The van der Waals surface area contributed by atoms with Crippen LogP contribution in [-0.2, 0) is 6.42 Å². The maximum absolute atomic E-state index is 11.4. The minimum absolute atomic E-state index is 0.180. The van der Waals surface area contributed by atoms with E-state index in [1.807, 2.05) is 0 Å². The lowest BCUT2D eigenvalue weighted by Gasteiger charge is -2.16. The van der Waals surface area contributed by atoms with Crippen molar-refractivity contribution in [1.29, 1.82) is 0 Å². The normalized spacial score (nSPS) is 15.7. The van der Waals surface area contributed by atoms with Gasteiger partial charge in [-0.05, 0) is 30.5 Å². The highest BCUT2D eigenvalue weighted by Gasteiger charge is 2.20. The molecule has 0 atom stereocenters. The summed E-state index contributed by atoms with van der Waals surface area (Å²) in [6.07, 6.45) is 2.37. The summed E-state index contributed by atoms with van der Waals surface area (Å²) >= 11 is 11.8. The van der Waals surface area contributed by atoms with Gasteiger partial charge in [0.15, 0.2) is 5.78 Å². The Labute approximate surface area is 86.7 Å². The van der Waals surface area contributed by atoms with E-state index in [0.717, 1.165) is 24.0 Å². The Hall–Kier alpha value is -0.530. The second-order valence-electron chi connectivity index (χ2n) is 3.16. The van der Waals surface area contributed by atoms with Gasteiger partial charge in [-0.15, -0.1) is 0 Å². The highest BCUT2D eigenvalue weighted by atomic mass is 35.5. The van der Waals surface area contributed by atoms with Crippen molar-refractivity contribution < 1.29 is 4.79 Å². The Morgan fingerprint density at radius 1 is 1.15 bits per heavy atom. The predicted octanol–water partition coefficient (Wildman–Crippen LogP) is 3.51. The van der Waals surface area contributed by atoms with Crippen LogP contribution in [0.5, 0.6) is 0 Å². The molecule has 1 aliphatic rings. The molecule has 1 aromatic rings. The molecular formula is C10H8Cl2O. The minimum atomic E-state index is 0.180. The molecule has 2 rings (SSSR count). The standard InChI is InChI=1S/C10H8Cl2O/c11-8-5-4-6-7(10(8)12)2-1-3-9(6)13/h4-5H,1-3H2. The van der Waals surface area contributed by atoms with Gasteiger partial charge in [-0.2, -0.15) is 0 Å². The van der Waals surface area contributed by atoms with Gasteiger partial charge >= 0.3 is 0 Å². The first-order valence-corrected chi connectivity index (χ1v) is 4.96. The predicted molar refractivity (Wildman–Crippen MR) is 53.7 cm³/mol. The number of Topliss-reactive ketones (excluding diaryl/α,β-unsaturated/α-hetero) is 1. The van der Waals surface area contributed by atoms with Gasteiger partial charge in [0.2, 0.25) is 0 Å². The second-order valence-corrected chi connectivity index (χ2v) is 3.95. The van der Waals surface area contributed by atoms with Crippen LogP contribution in [0.2, 0.25) is 10.0 Å². The van der Waals surface area contributed by atoms with Crippen LogP contribution in [0.15, 0.2) is 12.1 Å². The molecule has 0 heterocycles. The van der Waals surface area contributed by atoms with Crippen molar-refractivity contribution in [2.45, 2.75) is 19.3 Å². The first-order valence-electron chi connectivity index (χ1n) is 4.20. The van der Waals surface area contributed by atoms with E-state index >= 15 is 0 Å². The fraction of sp³-hybridized carbons (Fsp3) is 0.300. The van der Waals surface area contributed by atoms with E-state index in [2.05, 4.69) is 0 Å². The Morgan fingerprint density at radius 2 is 1.92 bits per heavy atom. The van der Waals surface area contributed by atoms with Gasteiger partial charge in [0.05, 0.1) is 10.0 Å². The van der Waals surface area contributed by atoms with Crippen molar-refractivity contribution in [1.82, 2.24) is 0 Å². The SMILES string of the molecule is O=C1CCCc2c1ccc(Cl)c2Cl. The zero-order chi connectivity index (χ0) is 9.42. The Kier molecular flexibility index (Phi) is 2.31. The summed E-state index contributed by atoms with van der Waals surface area (Å²) in [6, 6.07) is 3.46. The molecule has 13 heavy (non-hydrogen) atoms. The number of fused-ring (bicyclic) bond motifs is 1. The molecule has 0 fully saturated rings. The summed E-state index contributed by atoms with van der Waals surface area (Å²) < 4.78 is 0. The number of benzene rings is 1. The van der Waals surface area contributed by atoms with E-state index < -0.39 is 0 Å². The minimum Gasteiger partial charge on any atom is -0.294 e. The topological polar surface area (TPSA) is 17.1 Å². The van der Waals surface area contributed by atoms with Crippen molar-refractivity contribution in [2.75, 3.05) is 0 Å². The molecule has 0 amide bonds. The molecule has 0 unspecified atom stereocenters. The van der Waals surface area contributed by atoms with E-state index in [1.165, 1.54) is 0 Å². The molecule has 0 saturated carbocycles. The lowest BCUT2D eigenvalue weighted by molar-refractivity contribution is 0.0972. The van der Waals surface area contributed by atoms with Crippen LogP contribution < -0.4 is 0 Å². The summed E-state index contributed by atoms with van der Waals surface area (Å²) in [4.78, 5) is 11.4. The molecule has 0 radical (unpaired) electrons. The lowest BCUT2D eigenvalue weighted by atomic mass is 9.91. The van der Waals surface area contributed by atoms with Crippen LogP contribution in [0.1, 0.15) is 28.8 Å². The highest BCUT2D eigenvalue weighted by molar-refractivity contribution is 6.42. The third kappa shape index (κ3) is 1.47. The summed E-state index contributed by atoms with van der Waals surface area (Å²) in [5, 5.41) is 1.09. The zero-order valence-corrected chi connectivity index (χ0v) is 8.45. The number of ketones is 1. The number of hydrogen-bond donors (Lipinski definition) is 0. The smallest absolute Gasteiger partial charge is 0.163 e. The van der Waals surface area contributed by atoms with Crippen molar-refractivity contribution in [3.8, 4) is 0 Å². The number of carbonyl (C=O) groups is 1. The zero-order valence-electron chi connectivity index (χ0n) is 6.94. The van der Waals surface area contributed by atoms with Gasteiger partial charge in [0, 0.05) is 12.0 Å². The average Bonchev–Trinajstić information content (AvgIpc) is 2.12. The Bertz CT molecular complexity index is 371. The molecular weight excluding hydrogens is 207 g/mol. The molecule has 0 aliphatic heterocycles. The van der Waals surface area contributed by atoms with Crippen molar-refractivity contribution in [2.24, 2.45) is 0 Å². The van der Waals surface area contributed by atoms with Crippen LogP contribution in [0, 0.1) is 0 Å². The molecule has 1 aromatic carbocycles. The molecule has 0 spiro atoms. The monoisotopic (exact) mass is 214 g/mol. The number of carbonyl (C=O) groups excluding carboxylic acids is 1. The van der Waals surface area contributed by atoms with E-state index in [1.54, 1.807) is 12.1 Å². The first-order chi connectivity index (χ1) is 6.20. The molecule has 3 heteroatoms. The molecule has 0 aromatic heterocycles. The fourth-order valence-corrected chi connectivity index (χ4v) is 2.10. The Morgan fingerprint density at radius 3 is 2.69 bits per heavy atom. The third-order valence-electron chi connectivity index (χ3n) is 2.33. The van der Waals surface area contributed by atoms with Crippen LogP contribution in [0.3, 0.4) is 0 Å². The van der Waals surface area contributed by atoms with Gasteiger partial charge in [-0.25, -0.2) is 0 Å². The molecule has 1 aliphatic carbocycles. The van der Waals surface area contributed by atoms with Crippen LogP contribution >= 0.6 is 23.2 Å². The second kappa shape index (κ2) is 3.32. The summed E-state index contributed by atoms with van der Waals surface area (Å²) in [7, 11) is 0. The molecule has 0 N–H and O–H groups in total. The van der Waals surface area contributed by atoms with Crippen LogP contribution in [-0.4, -0.2) is 5.78 Å². The van der Waals surface area contributed by atoms with Crippen molar-refractivity contribution in [3.05, 3.63) is 33.3 Å². The first kappa shape index (κ1) is 9.04. The van der Waals surface area contributed by atoms with Crippen molar-refractivity contribution in [3.63, 3.8) is 0 Å². The summed E-state index contributed by atoms with van der Waals surface area (Å²) in [5.74, 6) is 0.180. The Balaban J connectivity index is 2.63. The number of hydrogen-bond acceptors (Lipinski definition) is 1. The van der Waals surface area contributed by atoms with Crippen LogP contribution in [0.4, 0.5) is 0 Å². The van der Waals surface area contributed by atoms with Gasteiger partial charge in [-0.3, -0.25) is 4.79 Å². The fourth-order valence-electron chi connectivity index (χ4n) is 1.66. The largest absolute Gasteiger partial charge is 0.294 e. The van der Waals surface area contributed by atoms with Gasteiger partial charge in [-0.1, -0.05) is 23.2 Å². The van der Waals surface area contributed by atoms with E-state index in [0.29, 0.717) is 16.5 Å². The molecule has 0 bridgehead atoms. The maximum Gasteiger partial charge on any atom is 0.163 e. The van der Waals surface area contributed by atoms with E-state index in [-0.39, 0.29) is 5.78 Å². The average molecular weight is 215 g/mol.